The van der Waals surface area contributed by atoms with Crippen LogP contribution in [0.2, 0.25) is 0 Å². The number of aromatic hydroxyl groups is 1. The first-order valence-electron chi connectivity index (χ1n) is 12.3. The number of hydrogen-bond acceptors (Lipinski definition) is 9. The number of halogens is 2. The van der Waals surface area contributed by atoms with Crippen LogP contribution < -0.4 is 15.0 Å². The molecule has 4 heterocycles. The molecule has 9 nitrogen and oxygen atoms in total. The molecule has 2 N–H and O–H groups in total. The summed E-state index contributed by atoms with van der Waals surface area (Å²) in [5.41, 5.74) is 0.701. The summed E-state index contributed by atoms with van der Waals surface area (Å²) in [6.45, 7) is 0. The number of phenols is 1. The van der Waals surface area contributed by atoms with E-state index in [1.807, 2.05) is 0 Å². The fourth-order valence-corrected chi connectivity index (χ4v) is 5.46. The van der Waals surface area contributed by atoms with Crippen molar-refractivity contribution in [2.75, 3.05) is 12.0 Å². The van der Waals surface area contributed by atoms with Gasteiger partial charge in [-0.05, 0) is 44.2 Å². The minimum Gasteiger partial charge on any atom is -0.507 e. The van der Waals surface area contributed by atoms with Crippen LogP contribution in [0.4, 0.5) is 14.6 Å². The molecule has 0 unspecified atom stereocenters. The van der Waals surface area contributed by atoms with Crippen LogP contribution in [0.3, 0.4) is 0 Å². The van der Waals surface area contributed by atoms with Gasteiger partial charge in [-0.1, -0.05) is 12.5 Å². The van der Waals surface area contributed by atoms with E-state index in [0.717, 1.165) is 44.7 Å². The highest BCUT2D eigenvalue weighted by Gasteiger charge is 2.46. The number of ether oxygens (including phenoxy) is 1. The number of hydrogen-bond donors (Lipinski definition) is 2. The number of aromatic nitrogens is 5. The SMILES string of the molecule is COc1ncc(F)c(-c2ccc(-c3ncc(N(C4CC4)[C@@H]4C[C@@H]5CCC[C@@H](N5)[C@@H]4F)nn3)c(O)c2)n1. The number of anilines is 1. The van der Waals surface area contributed by atoms with E-state index in [1.54, 1.807) is 18.3 Å². The zero-order chi connectivity index (χ0) is 24.8. The molecule has 4 atom stereocenters. The number of piperidine rings is 2. The largest absolute Gasteiger partial charge is 0.507 e. The van der Waals surface area contributed by atoms with E-state index in [2.05, 4.69) is 35.4 Å². The van der Waals surface area contributed by atoms with Crippen molar-refractivity contribution < 1.29 is 18.6 Å². The van der Waals surface area contributed by atoms with Crippen molar-refractivity contribution in [3.8, 4) is 34.4 Å². The molecule has 1 saturated carbocycles. The topological polar surface area (TPSA) is 109 Å². The van der Waals surface area contributed by atoms with Gasteiger partial charge in [-0.2, -0.15) is 4.98 Å². The molecule has 3 aromatic rings. The van der Waals surface area contributed by atoms with Gasteiger partial charge in [-0.25, -0.2) is 18.7 Å². The van der Waals surface area contributed by atoms with Crippen LogP contribution in [0.15, 0.2) is 30.6 Å². The zero-order valence-corrected chi connectivity index (χ0v) is 19.8. The summed E-state index contributed by atoms with van der Waals surface area (Å²) in [6.07, 6.45) is 7.39. The second-order valence-corrected chi connectivity index (χ2v) is 9.71. The van der Waals surface area contributed by atoms with Gasteiger partial charge >= 0.3 is 6.01 Å². The van der Waals surface area contributed by atoms with E-state index in [4.69, 9.17) is 4.74 Å². The number of nitrogens with zero attached hydrogens (tertiary/aromatic N) is 6. The van der Waals surface area contributed by atoms with E-state index >= 15 is 4.39 Å². The van der Waals surface area contributed by atoms with Gasteiger partial charge in [0.2, 0.25) is 0 Å². The first kappa shape index (κ1) is 23.0. The molecule has 3 fully saturated rings. The van der Waals surface area contributed by atoms with Crippen LogP contribution in [0, 0.1) is 5.82 Å². The Bertz CT molecular complexity index is 1260. The van der Waals surface area contributed by atoms with Crippen molar-refractivity contribution in [1.29, 1.82) is 0 Å². The van der Waals surface area contributed by atoms with Crippen molar-refractivity contribution in [1.82, 2.24) is 30.5 Å². The predicted octanol–water partition coefficient (Wildman–Crippen LogP) is 3.44. The maximum Gasteiger partial charge on any atom is 0.316 e. The van der Waals surface area contributed by atoms with Crippen molar-refractivity contribution in [2.45, 2.75) is 68.9 Å². The molecule has 188 valence electrons. The lowest BCUT2D eigenvalue weighted by molar-refractivity contribution is 0.104. The number of methoxy groups -OCH3 is 1. The van der Waals surface area contributed by atoms with Crippen LogP contribution >= 0.6 is 0 Å². The Balaban J connectivity index is 1.26. The number of fused-ring (bicyclic) bond motifs is 2. The summed E-state index contributed by atoms with van der Waals surface area (Å²) in [6, 6.07) is 4.82. The normalized spacial score (nSPS) is 25.4. The van der Waals surface area contributed by atoms with Crippen molar-refractivity contribution in [3.63, 3.8) is 0 Å². The zero-order valence-electron chi connectivity index (χ0n) is 19.8. The van der Waals surface area contributed by atoms with E-state index in [-0.39, 0.29) is 41.4 Å². The van der Waals surface area contributed by atoms with Gasteiger partial charge in [0, 0.05) is 23.7 Å². The summed E-state index contributed by atoms with van der Waals surface area (Å²) in [7, 11) is 1.39. The molecule has 0 radical (unpaired) electrons. The fraction of sp³-hybridized carbons (Fsp3) is 0.480. The minimum absolute atomic E-state index is 0.00526. The Morgan fingerprint density at radius 2 is 1.97 bits per heavy atom. The lowest BCUT2D eigenvalue weighted by Crippen LogP contribution is -2.62. The summed E-state index contributed by atoms with van der Waals surface area (Å²) < 4.78 is 34.7. The molecule has 1 aliphatic carbocycles. The minimum atomic E-state index is -0.971. The van der Waals surface area contributed by atoms with Crippen LogP contribution in [-0.4, -0.2) is 67.7 Å². The predicted molar refractivity (Wildman–Crippen MR) is 128 cm³/mol. The van der Waals surface area contributed by atoms with Gasteiger partial charge in [0.05, 0.1) is 31.1 Å². The van der Waals surface area contributed by atoms with Crippen LogP contribution in [0.25, 0.3) is 22.6 Å². The highest BCUT2D eigenvalue weighted by Crippen LogP contribution is 2.39. The second kappa shape index (κ2) is 9.20. The molecule has 2 bridgehead atoms. The third-order valence-corrected chi connectivity index (χ3v) is 7.32. The lowest BCUT2D eigenvalue weighted by atomic mass is 9.82. The summed E-state index contributed by atoms with van der Waals surface area (Å²) in [4.78, 5) is 14.3. The standard InChI is InChI=1S/C25H27F2N7O2/c1-36-25-29-11-17(26)23(31-25)13-5-8-16(20(35)9-13)24-28-12-21(32-33-24)34(15-6-7-15)19-10-14-3-2-4-18(30-14)22(19)27/h5,8-9,11-12,14-15,18-19,22,30,35H,2-4,6-7,10H2,1H3/t14-,18+,19+,22-/m0/s1. The Labute approximate surface area is 207 Å². The smallest absolute Gasteiger partial charge is 0.316 e. The van der Waals surface area contributed by atoms with Gasteiger partial charge in [-0.15, -0.1) is 10.2 Å². The monoisotopic (exact) mass is 495 g/mol. The number of nitrogens with one attached hydrogen (secondary N) is 1. The summed E-state index contributed by atoms with van der Waals surface area (Å²) in [5.74, 6) is -0.00918. The Morgan fingerprint density at radius 3 is 2.69 bits per heavy atom. The number of alkyl halides is 1. The number of benzene rings is 1. The molecular weight excluding hydrogens is 468 g/mol. The first-order valence-corrected chi connectivity index (χ1v) is 12.3. The van der Waals surface area contributed by atoms with Crippen molar-refractivity contribution >= 4 is 5.82 Å². The fourth-order valence-electron chi connectivity index (χ4n) is 5.46. The molecule has 2 saturated heterocycles. The number of phenolic OH excluding ortho intramolecular Hbond substituents is 1. The number of rotatable bonds is 6. The van der Waals surface area contributed by atoms with E-state index < -0.39 is 12.0 Å². The molecule has 11 heteroatoms. The van der Waals surface area contributed by atoms with Crippen molar-refractivity contribution in [3.05, 3.63) is 36.4 Å². The van der Waals surface area contributed by atoms with Crippen LogP contribution in [-0.2, 0) is 0 Å². The maximum atomic E-state index is 15.4. The van der Waals surface area contributed by atoms with Gasteiger partial charge < -0.3 is 20.1 Å². The Morgan fingerprint density at radius 1 is 1.11 bits per heavy atom. The highest BCUT2D eigenvalue weighted by molar-refractivity contribution is 5.71. The highest BCUT2D eigenvalue weighted by atomic mass is 19.1. The molecule has 0 spiro atoms. The van der Waals surface area contributed by atoms with E-state index in [9.17, 15) is 9.50 Å². The van der Waals surface area contributed by atoms with Gasteiger partial charge in [0.1, 0.15) is 17.6 Å². The molecule has 1 aromatic carbocycles. The molecular formula is C25H27F2N7O2. The maximum absolute atomic E-state index is 15.4. The quantitative estimate of drug-likeness (QED) is 0.531. The molecule has 36 heavy (non-hydrogen) atoms. The Hall–Kier alpha value is -3.47. The van der Waals surface area contributed by atoms with E-state index in [1.165, 1.54) is 13.2 Å². The van der Waals surface area contributed by atoms with Gasteiger partial charge in [0.25, 0.3) is 0 Å². The van der Waals surface area contributed by atoms with Crippen LogP contribution in [0.1, 0.15) is 38.5 Å². The summed E-state index contributed by atoms with van der Waals surface area (Å²) in [5, 5.41) is 22.8. The van der Waals surface area contributed by atoms with Gasteiger partial charge in [0.15, 0.2) is 17.5 Å². The van der Waals surface area contributed by atoms with E-state index in [0.29, 0.717) is 23.0 Å². The molecule has 0 amide bonds. The lowest BCUT2D eigenvalue weighted by Gasteiger charge is -2.47. The average Bonchev–Trinajstić information content (AvgIpc) is 3.73. The Kier molecular flexibility index (Phi) is 5.87. The van der Waals surface area contributed by atoms with Crippen LogP contribution in [0.5, 0.6) is 11.8 Å². The van der Waals surface area contributed by atoms with Gasteiger partial charge in [-0.3, -0.25) is 0 Å². The molecule has 6 rings (SSSR count). The molecule has 2 aromatic heterocycles. The molecule has 2 aliphatic heterocycles. The van der Waals surface area contributed by atoms with Crippen molar-refractivity contribution in [2.24, 2.45) is 0 Å². The third-order valence-electron chi connectivity index (χ3n) is 7.32. The first-order chi connectivity index (χ1) is 17.5. The summed E-state index contributed by atoms with van der Waals surface area (Å²) >= 11 is 0. The average molecular weight is 496 g/mol. The third kappa shape index (κ3) is 4.21. The second-order valence-electron chi connectivity index (χ2n) is 9.71. The molecule has 3 aliphatic rings.